The number of ether oxygens (including phenoxy) is 3. The van der Waals surface area contributed by atoms with E-state index in [1.165, 1.54) is 5.56 Å². The highest BCUT2D eigenvalue weighted by atomic mass is 16.5. The molecule has 2 N–H and O–H groups in total. The number of rotatable bonds is 9. The summed E-state index contributed by atoms with van der Waals surface area (Å²) in [7, 11) is 1.67. The minimum Gasteiger partial charge on any atom is -0.497 e. The second-order valence-corrected chi connectivity index (χ2v) is 5.25. The van der Waals surface area contributed by atoms with Crippen LogP contribution < -0.4 is 19.9 Å². The third-order valence-corrected chi connectivity index (χ3v) is 3.72. The molecule has 4 heteroatoms. The molecule has 0 heterocycles. The normalized spacial score (nSPS) is 11.8. The zero-order valence-corrected chi connectivity index (χ0v) is 13.8. The van der Waals surface area contributed by atoms with E-state index in [0.717, 1.165) is 23.7 Å². The van der Waals surface area contributed by atoms with Gasteiger partial charge in [-0.25, -0.2) is 0 Å². The van der Waals surface area contributed by atoms with E-state index in [-0.39, 0.29) is 5.92 Å². The Morgan fingerprint density at radius 1 is 0.957 bits per heavy atom. The zero-order chi connectivity index (χ0) is 16.5. The SMILES string of the molecule is CCOc1ccc(OCCC(CN)c2cccc(OC)c2)cc1. The van der Waals surface area contributed by atoms with Crippen LogP contribution in [-0.4, -0.2) is 26.9 Å². The Hall–Kier alpha value is -2.20. The van der Waals surface area contributed by atoms with Gasteiger partial charge in [0, 0.05) is 0 Å². The molecule has 0 fully saturated rings. The molecule has 0 amide bonds. The molecule has 0 aliphatic heterocycles. The molecular formula is C19H25NO3. The molecule has 2 aromatic rings. The molecule has 0 aromatic heterocycles. The maximum Gasteiger partial charge on any atom is 0.119 e. The van der Waals surface area contributed by atoms with Crippen LogP contribution in [-0.2, 0) is 0 Å². The zero-order valence-electron chi connectivity index (χ0n) is 13.8. The monoisotopic (exact) mass is 315 g/mol. The Bertz CT molecular complexity index is 583. The molecular weight excluding hydrogens is 290 g/mol. The maximum atomic E-state index is 5.92. The van der Waals surface area contributed by atoms with Gasteiger partial charge in [0.15, 0.2) is 0 Å². The van der Waals surface area contributed by atoms with E-state index in [4.69, 9.17) is 19.9 Å². The second kappa shape index (κ2) is 9.06. The molecule has 0 aliphatic carbocycles. The van der Waals surface area contributed by atoms with Gasteiger partial charge < -0.3 is 19.9 Å². The summed E-state index contributed by atoms with van der Waals surface area (Å²) in [4.78, 5) is 0. The lowest BCUT2D eigenvalue weighted by molar-refractivity contribution is 0.296. The molecule has 0 saturated heterocycles. The summed E-state index contributed by atoms with van der Waals surface area (Å²) < 4.78 is 16.5. The summed E-state index contributed by atoms with van der Waals surface area (Å²) >= 11 is 0. The number of hydrogen-bond donors (Lipinski definition) is 1. The van der Waals surface area contributed by atoms with E-state index >= 15 is 0 Å². The molecule has 23 heavy (non-hydrogen) atoms. The van der Waals surface area contributed by atoms with Crippen LogP contribution >= 0.6 is 0 Å². The molecule has 2 rings (SSSR count). The van der Waals surface area contributed by atoms with E-state index in [0.29, 0.717) is 19.8 Å². The Labute approximate surface area is 138 Å². The van der Waals surface area contributed by atoms with Gasteiger partial charge in [-0.1, -0.05) is 12.1 Å². The smallest absolute Gasteiger partial charge is 0.119 e. The minimum atomic E-state index is 0.257. The highest BCUT2D eigenvalue weighted by Gasteiger charge is 2.11. The van der Waals surface area contributed by atoms with Crippen LogP contribution in [0.3, 0.4) is 0 Å². The molecule has 1 atom stereocenters. The van der Waals surface area contributed by atoms with Crippen molar-refractivity contribution < 1.29 is 14.2 Å². The highest BCUT2D eigenvalue weighted by molar-refractivity contribution is 5.32. The topological polar surface area (TPSA) is 53.7 Å². The van der Waals surface area contributed by atoms with Gasteiger partial charge in [0.1, 0.15) is 17.2 Å². The van der Waals surface area contributed by atoms with Crippen LogP contribution in [0.1, 0.15) is 24.8 Å². The van der Waals surface area contributed by atoms with Crippen molar-refractivity contribution in [2.45, 2.75) is 19.3 Å². The summed E-state index contributed by atoms with van der Waals surface area (Å²) in [5, 5.41) is 0. The Morgan fingerprint density at radius 3 is 2.26 bits per heavy atom. The molecule has 0 bridgehead atoms. The fourth-order valence-electron chi connectivity index (χ4n) is 2.43. The van der Waals surface area contributed by atoms with E-state index in [9.17, 15) is 0 Å². The lowest BCUT2D eigenvalue weighted by Gasteiger charge is -2.16. The molecule has 124 valence electrons. The van der Waals surface area contributed by atoms with Crippen LogP contribution in [0.5, 0.6) is 17.2 Å². The molecule has 0 spiro atoms. The first-order valence-electron chi connectivity index (χ1n) is 7.96. The van der Waals surface area contributed by atoms with Crippen LogP contribution in [0.25, 0.3) is 0 Å². The first-order chi connectivity index (χ1) is 11.3. The van der Waals surface area contributed by atoms with Gasteiger partial charge in [0.2, 0.25) is 0 Å². The van der Waals surface area contributed by atoms with E-state index in [2.05, 4.69) is 6.07 Å². The molecule has 1 unspecified atom stereocenters. The first-order valence-corrected chi connectivity index (χ1v) is 7.96. The van der Waals surface area contributed by atoms with Gasteiger partial charge in [0.05, 0.1) is 20.3 Å². The molecule has 0 aliphatic rings. The van der Waals surface area contributed by atoms with Crippen molar-refractivity contribution in [1.29, 1.82) is 0 Å². The fraction of sp³-hybridized carbons (Fsp3) is 0.368. The number of nitrogens with two attached hydrogens (primary N) is 1. The molecule has 0 saturated carbocycles. The van der Waals surface area contributed by atoms with Crippen molar-refractivity contribution in [3.8, 4) is 17.2 Å². The lowest BCUT2D eigenvalue weighted by atomic mass is 9.96. The standard InChI is InChI=1S/C19H25NO3/c1-3-22-17-7-9-18(10-8-17)23-12-11-16(14-20)15-5-4-6-19(13-15)21-2/h4-10,13,16H,3,11-12,14,20H2,1-2H3. The van der Waals surface area contributed by atoms with Gasteiger partial charge in [-0.15, -0.1) is 0 Å². The van der Waals surface area contributed by atoms with Crippen LogP contribution in [0.4, 0.5) is 0 Å². The van der Waals surface area contributed by atoms with Gasteiger partial charge in [-0.3, -0.25) is 0 Å². The Balaban J connectivity index is 1.87. The average Bonchev–Trinajstić information content (AvgIpc) is 2.60. The number of hydrogen-bond acceptors (Lipinski definition) is 4. The molecule has 4 nitrogen and oxygen atoms in total. The van der Waals surface area contributed by atoms with E-state index < -0.39 is 0 Å². The summed E-state index contributed by atoms with van der Waals surface area (Å²) in [6.45, 7) is 3.84. The summed E-state index contributed by atoms with van der Waals surface area (Å²) in [6, 6.07) is 15.7. The maximum absolute atomic E-state index is 5.92. The third kappa shape index (κ3) is 5.18. The second-order valence-electron chi connectivity index (χ2n) is 5.25. The lowest BCUT2D eigenvalue weighted by Crippen LogP contribution is -2.15. The van der Waals surface area contributed by atoms with E-state index in [1.807, 2.05) is 49.4 Å². The quantitative estimate of drug-likeness (QED) is 0.768. The van der Waals surface area contributed by atoms with Crippen molar-refractivity contribution in [3.05, 3.63) is 54.1 Å². The molecule has 0 radical (unpaired) electrons. The largest absolute Gasteiger partial charge is 0.497 e. The van der Waals surface area contributed by atoms with Crippen molar-refractivity contribution >= 4 is 0 Å². The fourth-order valence-corrected chi connectivity index (χ4v) is 2.43. The van der Waals surface area contributed by atoms with Crippen LogP contribution in [0.2, 0.25) is 0 Å². The average molecular weight is 315 g/mol. The number of benzene rings is 2. The van der Waals surface area contributed by atoms with Crippen LogP contribution in [0.15, 0.2) is 48.5 Å². The third-order valence-electron chi connectivity index (χ3n) is 3.72. The Morgan fingerprint density at radius 2 is 1.65 bits per heavy atom. The minimum absolute atomic E-state index is 0.257. The van der Waals surface area contributed by atoms with Crippen LogP contribution in [0, 0.1) is 0 Å². The van der Waals surface area contributed by atoms with Gasteiger partial charge in [0.25, 0.3) is 0 Å². The summed E-state index contributed by atoms with van der Waals surface area (Å²) in [6.07, 6.45) is 0.858. The van der Waals surface area contributed by atoms with Crippen molar-refractivity contribution in [3.63, 3.8) is 0 Å². The van der Waals surface area contributed by atoms with Gasteiger partial charge >= 0.3 is 0 Å². The van der Waals surface area contributed by atoms with Crippen molar-refractivity contribution in [2.75, 3.05) is 26.9 Å². The summed E-state index contributed by atoms with van der Waals surface area (Å²) in [5.41, 5.74) is 7.10. The predicted octanol–water partition coefficient (Wildman–Crippen LogP) is 3.61. The molecule has 2 aromatic carbocycles. The van der Waals surface area contributed by atoms with Crippen molar-refractivity contribution in [2.24, 2.45) is 5.73 Å². The highest BCUT2D eigenvalue weighted by Crippen LogP contribution is 2.24. The summed E-state index contributed by atoms with van der Waals surface area (Å²) in [5.74, 6) is 2.81. The van der Waals surface area contributed by atoms with Gasteiger partial charge in [-0.05, 0) is 67.8 Å². The first kappa shape index (κ1) is 17.2. The number of methoxy groups -OCH3 is 1. The Kier molecular flexibility index (Phi) is 6.76. The van der Waals surface area contributed by atoms with Gasteiger partial charge in [-0.2, -0.15) is 0 Å². The van der Waals surface area contributed by atoms with Crippen molar-refractivity contribution in [1.82, 2.24) is 0 Å². The van der Waals surface area contributed by atoms with E-state index in [1.54, 1.807) is 7.11 Å². The predicted molar refractivity (Wildman–Crippen MR) is 92.5 cm³/mol.